The fourth-order valence-corrected chi connectivity index (χ4v) is 4.23. The van der Waals surface area contributed by atoms with Gasteiger partial charge in [-0.15, -0.1) is 11.3 Å². The van der Waals surface area contributed by atoms with E-state index in [0.717, 1.165) is 41.5 Å². The van der Waals surface area contributed by atoms with E-state index < -0.39 is 0 Å². The quantitative estimate of drug-likeness (QED) is 0.667. The highest BCUT2D eigenvalue weighted by atomic mass is 32.1. The number of piperazine rings is 1. The van der Waals surface area contributed by atoms with Crippen molar-refractivity contribution in [3.05, 3.63) is 63.7 Å². The van der Waals surface area contributed by atoms with Gasteiger partial charge < -0.3 is 9.42 Å². The maximum Gasteiger partial charge on any atom is 0.323 e. The van der Waals surface area contributed by atoms with E-state index in [1.54, 1.807) is 30.2 Å². The first kappa shape index (κ1) is 20.5. The Balaban J connectivity index is 1.27. The molecule has 0 radical (unpaired) electrons. The Hall–Kier alpha value is -2.78. The molecular weight excluding hydrogens is 405 g/mol. The van der Waals surface area contributed by atoms with Crippen molar-refractivity contribution in [2.45, 2.75) is 26.8 Å². The van der Waals surface area contributed by atoms with Crippen LogP contribution in [0.3, 0.4) is 0 Å². The van der Waals surface area contributed by atoms with Crippen molar-refractivity contribution in [2.75, 3.05) is 31.5 Å². The summed E-state index contributed by atoms with van der Waals surface area (Å²) >= 11 is 1.41. The van der Waals surface area contributed by atoms with Crippen LogP contribution in [0.25, 0.3) is 0 Å². The summed E-state index contributed by atoms with van der Waals surface area (Å²) in [6.07, 6.45) is 2.32. The number of urea groups is 1. The lowest BCUT2D eigenvalue weighted by Gasteiger charge is -2.33. The van der Waals surface area contributed by atoms with Gasteiger partial charge in [0.15, 0.2) is 5.13 Å². The van der Waals surface area contributed by atoms with E-state index in [9.17, 15) is 9.18 Å². The molecule has 2 aromatic heterocycles. The van der Waals surface area contributed by atoms with Gasteiger partial charge in [-0.25, -0.2) is 14.2 Å². The Bertz CT molecular complexity index is 1030. The van der Waals surface area contributed by atoms with Gasteiger partial charge >= 0.3 is 6.03 Å². The Morgan fingerprint density at radius 2 is 2.03 bits per heavy atom. The molecule has 30 heavy (non-hydrogen) atoms. The molecule has 7 nitrogen and oxygen atoms in total. The summed E-state index contributed by atoms with van der Waals surface area (Å²) < 4.78 is 18.8. The number of carbonyl (C=O) groups excluding carboxylic acids is 1. The Kier molecular flexibility index (Phi) is 6.10. The summed E-state index contributed by atoms with van der Waals surface area (Å²) in [6, 6.07) is 7.03. The Morgan fingerprint density at radius 3 is 2.73 bits per heavy atom. The maximum absolute atomic E-state index is 13.7. The lowest BCUT2D eigenvalue weighted by molar-refractivity contribution is 0.141. The summed E-state index contributed by atoms with van der Waals surface area (Å²) in [5.74, 6) is 0.599. The van der Waals surface area contributed by atoms with Crippen molar-refractivity contribution in [3.63, 3.8) is 0 Å². The molecule has 1 fully saturated rings. The monoisotopic (exact) mass is 429 g/mol. The second-order valence-corrected chi connectivity index (χ2v) is 8.63. The minimum absolute atomic E-state index is 0.144. The fraction of sp³-hybridized carbons (Fsp3) is 0.381. The molecule has 2 amide bonds. The van der Waals surface area contributed by atoms with Gasteiger partial charge in [0, 0.05) is 56.3 Å². The van der Waals surface area contributed by atoms with Crippen molar-refractivity contribution >= 4 is 22.5 Å². The summed E-state index contributed by atoms with van der Waals surface area (Å²) in [6.45, 7) is 7.19. The van der Waals surface area contributed by atoms with E-state index in [4.69, 9.17) is 4.52 Å². The minimum Gasteiger partial charge on any atom is -0.361 e. The van der Waals surface area contributed by atoms with Crippen molar-refractivity contribution < 1.29 is 13.7 Å². The summed E-state index contributed by atoms with van der Waals surface area (Å²) in [5, 5.41) is 7.46. The number of hydrogen-bond donors (Lipinski definition) is 1. The van der Waals surface area contributed by atoms with Gasteiger partial charge in [-0.1, -0.05) is 17.3 Å². The van der Waals surface area contributed by atoms with Crippen molar-refractivity contribution in [1.29, 1.82) is 0 Å². The van der Waals surface area contributed by atoms with Crippen LogP contribution in [0.15, 0.2) is 35.0 Å². The van der Waals surface area contributed by atoms with E-state index in [-0.39, 0.29) is 11.8 Å². The predicted octanol–water partition coefficient (Wildman–Crippen LogP) is 3.83. The van der Waals surface area contributed by atoms with Gasteiger partial charge in [0.05, 0.1) is 5.69 Å². The Labute approximate surface area is 178 Å². The third-order valence-corrected chi connectivity index (χ3v) is 6.02. The largest absolute Gasteiger partial charge is 0.361 e. The van der Waals surface area contributed by atoms with Crippen LogP contribution in [-0.4, -0.2) is 52.2 Å². The number of aromatic nitrogens is 2. The number of rotatable bonds is 5. The van der Waals surface area contributed by atoms with Crippen LogP contribution in [0, 0.1) is 19.7 Å². The lowest BCUT2D eigenvalue weighted by Crippen LogP contribution is -2.49. The highest BCUT2D eigenvalue weighted by Crippen LogP contribution is 2.22. The molecule has 3 aromatic rings. The standard InChI is InChI=1S/C21H24FN5O2S/c1-14-3-4-16(11-19(14)22)10-18-12-23-20(30-18)24-21(28)27-7-5-26(6-8-27)13-17-9-15(2)29-25-17/h3-4,9,11-12H,5-8,10,13H2,1-2H3,(H,23,24,28). The van der Waals surface area contributed by atoms with Gasteiger partial charge in [0.1, 0.15) is 11.6 Å². The average molecular weight is 430 g/mol. The number of halogens is 1. The van der Waals surface area contributed by atoms with Crippen molar-refractivity contribution in [1.82, 2.24) is 19.9 Å². The number of hydrogen-bond acceptors (Lipinski definition) is 6. The van der Waals surface area contributed by atoms with Crippen LogP contribution in [0.4, 0.5) is 14.3 Å². The SMILES string of the molecule is Cc1cc(CN2CCN(C(=O)Nc3ncc(Cc4ccc(C)c(F)c4)s3)CC2)no1. The topological polar surface area (TPSA) is 74.5 Å². The minimum atomic E-state index is -0.205. The van der Waals surface area contributed by atoms with E-state index in [2.05, 4.69) is 20.4 Å². The molecule has 1 aromatic carbocycles. The molecule has 0 spiro atoms. The number of anilines is 1. The van der Waals surface area contributed by atoms with E-state index in [1.165, 1.54) is 11.3 Å². The molecule has 1 aliphatic heterocycles. The maximum atomic E-state index is 13.7. The zero-order valence-corrected chi connectivity index (χ0v) is 17.8. The first-order valence-corrected chi connectivity index (χ1v) is 10.7. The molecule has 1 aliphatic rings. The number of carbonyl (C=O) groups is 1. The molecule has 1 saturated heterocycles. The number of nitrogens with zero attached hydrogens (tertiary/aromatic N) is 4. The van der Waals surface area contributed by atoms with E-state index >= 15 is 0 Å². The molecule has 3 heterocycles. The second kappa shape index (κ2) is 8.93. The van der Waals surface area contributed by atoms with Crippen molar-refractivity contribution in [2.24, 2.45) is 0 Å². The molecule has 0 saturated carbocycles. The second-order valence-electron chi connectivity index (χ2n) is 7.51. The average Bonchev–Trinajstić information content (AvgIpc) is 3.34. The van der Waals surface area contributed by atoms with Gasteiger partial charge in [-0.2, -0.15) is 0 Å². The molecule has 158 valence electrons. The lowest BCUT2D eigenvalue weighted by atomic mass is 10.1. The smallest absolute Gasteiger partial charge is 0.323 e. The molecule has 0 atom stereocenters. The van der Waals surface area contributed by atoms with E-state index in [0.29, 0.717) is 30.2 Å². The van der Waals surface area contributed by atoms with Crippen LogP contribution in [-0.2, 0) is 13.0 Å². The summed E-state index contributed by atoms with van der Waals surface area (Å²) in [7, 11) is 0. The van der Waals surface area contributed by atoms with Crippen LogP contribution in [0.2, 0.25) is 0 Å². The summed E-state index contributed by atoms with van der Waals surface area (Å²) in [5.41, 5.74) is 2.43. The van der Waals surface area contributed by atoms with Crippen LogP contribution in [0.1, 0.15) is 27.5 Å². The molecule has 1 N–H and O–H groups in total. The number of thiazole rings is 1. The number of amides is 2. The molecule has 0 unspecified atom stereocenters. The molecule has 0 bridgehead atoms. The third kappa shape index (κ3) is 5.03. The van der Waals surface area contributed by atoms with Gasteiger partial charge in [0.2, 0.25) is 0 Å². The number of benzene rings is 1. The van der Waals surface area contributed by atoms with E-state index in [1.807, 2.05) is 19.1 Å². The first-order valence-electron chi connectivity index (χ1n) is 9.86. The molecule has 9 heteroatoms. The predicted molar refractivity (Wildman–Crippen MR) is 113 cm³/mol. The zero-order chi connectivity index (χ0) is 21.1. The number of aryl methyl sites for hydroxylation is 2. The molecule has 4 rings (SSSR count). The highest BCUT2D eigenvalue weighted by Gasteiger charge is 2.22. The molecular formula is C21H24FN5O2S. The zero-order valence-electron chi connectivity index (χ0n) is 17.0. The van der Waals surface area contributed by atoms with Gasteiger partial charge in [-0.3, -0.25) is 10.2 Å². The fourth-order valence-electron chi connectivity index (χ4n) is 3.40. The van der Waals surface area contributed by atoms with Crippen LogP contribution >= 0.6 is 11.3 Å². The van der Waals surface area contributed by atoms with Gasteiger partial charge in [0.25, 0.3) is 0 Å². The third-order valence-electron chi connectivity index (χ3n) is 5.10. The number of nitrogens with one attached hydrogen (secondary N) is 1. The molecule has 0 aliphatic carbocycles. The highest BCUT2D eigenvalue weighted by molar-refractivity contribution is 7.15. The first-order chi connectivity index (χ1) is 14.5. The normalized spacial score (nSPS) is 14.8. The summed E-state index contributed by atoms with van der Waals surface area (Å²) in [4.78, 5) is 21.9. The van der Waals surface area contributed by atoms with Crippen molar-refractivity contribution in [3.8, 4) is 0 Å². The Morgan fingerprint density at radius 1 is 1.23 bits per heavy atom. The van der Waals surface area contributed by atoms with Crippen LogP contribution in [0.5, 0.6) is 0 Å². The van der Waals surface area contributed by atoms with Gasteiger partial charge in [-0.05, 0) is 31.0 Å². The van der Waals surface area contributed by atoms with Crippen LogP contribution < -0.4 is 5.32 Å².